The van der Waals surface area contributed by atoms with Crippen molar-refractivity contribution < 1.29 is 4.74 Å². The van der Waals surface area contributed by atoms with Crippen LogP contribution in [0.5, 0.6) is 5.88 Å². The van der Waals surface area contributed by atoms with Gasteiger partial charge in [-0.2, -0.15) is 0 Å². The summed E-state index contributed by atoms with van der Waals surface area (Å²) in [6.07, 6.45) is 3.71. The standard InChI is InChI=1S/C11H11N3O/c1-7-11-8(3-4-10(13-11)15-2)9-5-12-6-14(7)9/h3-7H,1-2H3. The third kappa shape index (κ3) is 1.02. The first-order valence-corrected chi connectivity index (χ1v) is 4.88. The molecule has 0 spiro atoms. The van der Waals surface area contributed by atoms with Crippen LogP contribution < -0.4 is 4.74 Å². The smallest absolute Gasteiger partial charge is 0.213 e. The molecule has 76 valence electrons. The van der Waals surface area contributed by atoms with Gasteiger partial charge in [0.2, 0.25) is 5.88 Å². The summed E-state index contributed by atoms with van der Waals surface area (Å²) in [4.78, 5) is 8.61. The fourth-order valence-electron chi connectivity index (χ4n) is 2.06. The second-order valence-electron chi connectivity index (χ2n) is 3.65. The van der Waals surface area contributed by atoms with Gasteiger partial charge in [0.25, 0.3) is 0 Å². The molecule has 1 aliphatic heterocycles. The number of aromatic nitrogens is 3. The van der Waals surface area contributed by atoms with Crippen molar-refractivity contribution in [1.82, 2.24) is 14.5 Å². The maximum Gasteiger partial charge on any atom is 0.213 e. The molecule has 0 amide bonds. The molecule has 0 bridgehead atoms. The molecule has 2 aromatic heterocycles. The molecule has 1 unspecified atom stereocenters. The minimum Gasteiger partial charge on any atom is -0.481 e. The van der Waals surface area contributed by atoms with E-state index >= 15 is 0 Å². The molecule has 0 radical (unpaired) electrons. The fraction of sp³-hybridized carbons (Fsp3) is 0.273. The highest BCUT2D eigenvalue weighted by Gasteiger charge is 2.26. The van der Waals surface area contributed by atoms with Crippen LogP contribution in [0.4, 0.5) is 0 Å². The third-order valence-corrected chi connectivity index (χ3v) is 2.86. The zero-order valence-corrected chi connectivity index (χ0v) is 8.64. The van der Waals surface area contributed by atoms with Crippen molar-refractivity contribution in [3.63, 3.8) is 0 Å². The summed E-state index contributed by atoms with van der Waals surface area (Å²) in [6.45, 7) is 2.11. The Kier molecular flexibility index (Phi) is 1.59. The van der Waals surface area contributed by atoms with Gasteiger partial charge >= 0.3 is 0 Å². The summed E-state index contributed by atoms with van der Waals surface area (Å²) in [5.41, 5.74) is 3.35. The van der Waals surface area contributed by atoms with E-state index in [2.05, 4.69) is 21.5 Å². The lowest BCUT2D eigenvalue weighted by Crippen LogP contribution is -2.01. The van der Waals surface area contributed by atoms with E-state index in [-0.39, 0.29) is 6.04 Å². The van der Waals surface area contributed by atoms with Crippen LogP contribution >= 0.6 is 0 Å². The molecule has 15 heavy (non-hydrogen) atoms. The highest BCUT2D eigenvalue weighted by molar-refractivity contribution is 5.67. The first-order chi connectivity index (χ1) is 7.31. The molecule has 0 saturated carbocycles. The van der Waals surface area contributed by atoms with Gasteiger partial charge < -0.3 is 9.30 Å². The Bertz CT molecular complexity index is 518. The van der Waals surface area contributed by atoms with Gasteiger partial charge in [0.05, 0.1) is 37.1 Å². The van der Waals surface area contributed by atoms with Crippen LogP contribution in [-0.2, 0) is 0 Å². The van der Waals surface area contributed by atoms with Gasteiger partial charge in [0.1, 0.15) is 0 Å². The van der Waals surface area contributed by atoms with Crippen LogP contribution in [0.3, 0.4) is 0 Å². The Morgan fingerprint density at radius 1 is 1.40 bits per heavy atom. The minimum absolute atomic E-state index is 0.243. The van der Waals surface area contributed by atoms with Crippen molar-refractivity contribution >= 4 is 0 Å². The molecule has 0 aliphatic carbocycles. The number of methoxy groups -OCH3 is 1. The molecule has 0 fully saturated rings. The number of hydrogen-bond acceptors (Lipinski definition) is 3. The van der Waals surface area contributed by atoms with E-state index in [1.54, 1.807) is 7.11 Å². The van der Waals surface area contributed by atoms with E-state index < -0.39 is 0 Å². The van der Waals surface area contributed by atoms with E-state index in [0.717, 1.165) is 17.0 Å². The van der Waals surface area contributed by atoms with E-state index in [9.17, 15) is 0 Å². The Hall–Kier alpha value is -1.84. The number of hydrogen-bond donors (Lipinski definition) is 0. The van der Waals surface area contributed by atoms with Gasteiger partial charge in [-0.3, -0.25) is 0 Å². The molecule has 1 aliphatic rings. The Labute approximate surface area is 87.5 Å². The van der Waals surface area contributed by atoms with Crippen molar-refractivity contribution in [3.8, 4) is 17.1 Å². The summed E-state index contributed by atoms with van der Waals surface area (Å²) in [5, 5.41) is 0. The second kappa shape index (κ2) is 2.82. The maximum absolute atomic E-state index is 5.13. The number of pyridine rings is 1. The number of nitrogens with zero attached hydrogens (tertiary/aromatic N) is 3. The predicted octanol–water partition coefficient (Wildman–Crippen LogP) is 1.88. The summed E-state index contributed by atoms with van der Waals surface area (Å²) >= 11 is 0. The molecule has 0 N–H and O–H groups in total. The zero-order valence-electron chi connectivity index (χ0n) is 8.64. The largest absolute Gasteiger partial charge is 0.481 e. The summed E-state index contributed by atoms with van der Waals surface area (Å²) < 4.78 is 7.25. The number of imidazole rings is 1. The van der Waals surface area contributed by atoms with Crippen LogP contribution in [0.25, 0.3) is 11.3 Å². The lowest BCUT2D eigenvalue weighted by molar-refractivity contribution is 0.395. The lowest BCUT2D eigenvalue weighted by Gasteiger charge is -2.07. The highest BCUT2D eigenvalue weighted by atomic mass is 16.5. The normalized spacial score (nSPS) is 17.3. The molecule has 2 aromatic rings. The van der Waals surface area contributed by atoms with Crippen molar-refractivity contribution in [2.45, 2.75) is 13.0 Å². The Balaban J connectivity index is 2.23. The molecule has 0 saturated heterocycles. The average Bonchev–Trinajstić information content (AvgIpc) is 2.83. The van der Waals surface area contributed by atoms with Gasteiger partial charge in [-0.15, -0.1) is 0 Å². The zero-order chi connectivity index (χ0) is 10.4. The molecular weight excluding hydrogens is 190 g/mol. The Morgan fingerprint density at radius 2 is 2.27 bits per heavy atom. The molecule has 4 nitrogen and oxygen atoms in total. The van der Waals surface area contributed by atoms with Crippen molar-refractivity contribution in [3.05, 3.63) is 30.4 Å². The van der Waals surface area contributed by atoms with Crippen LogP contribution in [0.15, 0.2) is 24.7 Å². The second-order valence-corrected chi connectivity index (χ2v) is 3.65. The summed E-state index contributed by atoms with van der Waals surface area (Å²) in [5.74, 6) is 0.666. The molecular formula is C11H11N3O. The molecule has 3 rings (SSSR count). The molecule has 0 aromatic carbocycles. The minimum atomic E-state index is 0.243. The average molecular weight is 201 g/mol. The van der Waals surface area contributed by atoms with Gasteiger partial charge in [-0.25, -0.2) is 9.97 Å². The van der Waals surface area contributed by atoms with Crippen molar-refractivity contribution in [2.24, 2.45) is 0 Å². The van der Waals surface area contributed by atoms with Gasteiger partial charge in [-0.1, -0.05) is 0 Å². The molecule has 3 heterocycles. The van der Waals surface area contributed by atoms with Crippen LogP contribution in [-0.4, -0.2) is 21.6 Å². The van der Waals surface area contributed by atoms with Crippen LogP contribution in [0, 0.1) is 0 Å². The first kappa shape index (κ1) is 8.47. The highest BCUT2D eigenvalue weighted by Crippen LogP contribution is 2.38. The quantitative estimate of drug-likeness (QED) is 0.707. The SMILES string of the molecule is COc1ccc2c(n1)C(C)n1cncc1-2. The van der Waals surface area contributed by atoms with Crippen LogP contribution in [0.2, 0.25) is 0 Å². The molecule has 4 heteroatoms. The maximum atomic E-state index is 5.13. The lowest BCUT2D eigenvalue weighted by atomic mass is 10.1. The third-order valence-electron chi connectivity index (χ3n) is 2.86. The monoisotopic (exact) mass is 201 g/mol. The van der Waals surface area contributed by atoms with Crippen LogP contribution in [0.1, 0.15) is 18.7 Å². The predicted molar refractivity (Wildman–Crippen MR) is 55.8 cm³/mol. The molecule has 1 atom stereocenters. The van der Waals surface area contributed by atoms with E-state index in [4.69, 9.17) is 4.74 Å². The van der Waals surface area contributed by atoms with E-state index in [1.807, 2.05) is 24.7 Å². The van der Waals surface area contributed by atoms with Gasteiger partial charge in [0, 0.05) is 11.6 Å². The number of rotatable bonds is 1. The van der Waals surface area contributed by atoms with Gasteiger partial charge in [0.15, 0.2) is 0 Å². The topological polar surface area (TPSA) is 39.9 Å². The summed E-state index contributed by atoms with van der Waals surface area (Å²) in [6, 6.07) is 4.17. The Morgan fingerprint density at radius 3 is 3.07 bits per heavy atom. The van der Waals surface area contributed by atoms with Gasteiger partial charge in [-0.05, 0) is 13.0 Å². The van der Waals surface area contributed by atoms with Crippen molar-refractivity contribution in [1.29, 1.82) is 0 Å². The first-order valence-electron chi connectivity index (χ1n) is 4.88. The van der Waals surface area contributed by atoms with Crippen molar-refractivity contribution in [2.75, 3.05) is 7.11 Å². The summed E-state index contributed by atoms with van der Waals surface area (Å²) in [7, 11) is 1.64. The van der Waals surface area contributed by atoms with E-state index in [0.29, 0.717) is 5.88 Å². The number of ether oxygens (including phenoxy) is 1. The fourth-order valence-corrected chi connectivity index (χ4v) is 2.06. The van der Waals surface area contributed by atoms with E-state index in [1.165, 1.54) is 0 Å². The number of fused-ring (bicyclic) bond motifs is 3.